The molecule has 0 spiro atoms. The average Bonchev–Trinajstić information content (AvgIpc) is 3.42. The van der Waals surface area contributed by atoms with Crippen LogP contribution in [0.3, 0.4) is 0 Å². The zero-order valence-electron chi connectivity index (χ0n) is 19.1. The number of non-ortho nitro benzene ring substituents is 1. The van der Waals surface area contributed by atoms with Gasteiger partial charge in [-0.05, 0) is 24.1 Å². The van der Waals surface area contributed by atoms with Gasteiger partial charge < -0.3 is 20.4 Å². The molecule has 10 nitrogen and oxygen atoms in total. The molecule has 3 amide bonds. The minimum absolute atomic E-state index is 0.0142. The van der Waals surface area contributed by atoms with Crippen molar-refractivity contribution < 1.29 is 19.3 Å². The molecular weight excluding hydrogens is 450 g/mol. The quantitative estimate of drug-likeness (QED) is 0.515. The zero-order chi connectivity index (χ0) is 24.5. The van der Waals surface area contributed by atoms with Gasteiger partial charge in [-0.1, -0.05) is 30.3 Å². The molecule has 1 saturated carbocycles. The number of benzene rings is 2. The Bertz CT molecular complexity index is 1150. The van der Waals surface area contributed by atoms with Gasteiger partial charge in [-0.3, -0.25) is 19.7 Å². The van der Waals surface area contributed by atoms with E-state index in [-0.39, 0.29) is 23.3 Å². The van der Waals surface area contributed by atoms with E-state index >= 15 is 0 Å². The first-order valence-corrected chi connectivity index (χ1v) is 11.9. The number of nitrogens with zero attached hydrogens (tertiary/aromatic N) is 3. The molecule has 3 fully saturated rings. The summed E-state index contributed by atoms with van der Waals surface area (Å²) in [5.41, 5.74) is 0.931. The van der Waals surface area contributed by atoms with Crippen molar-refractivity contribution in [1.29, 1.82) is 0 Å². The maximum Gasteiger partial charge on any atom is 0.323 e. The van der Waals surface area contributed by atoms with E-state index in [0.29, 0.717) is 50.3 Å². The fourth-order valence-electron chi connectivity index (χ4n) is 5.74. The van der Waals surface area contributed by atoms with Crippen molar-refractivity contribution in [3.63, 3.8) is 0 Å². The molecule has 5 rings (SSSR count). The van der Waals surface area contributed by atoms with Gasteiger partial charge in [-0.25, -0.2) is 4.79 Å². The molecule has 0 radical (unpaired) electrons. The smallest absolute Gasteiger partial charge is 0.323 e. The number of Topliss-reactive ketones (excluding diaryl/α,β-unsaturated/α-hetero) is 1. The number of amides is 3. The number of nitro groups is 1. The number of hydrogen-bond donors (Lipinski definition) is 2. The molecule has 2 heterocycles. The number of carbonyl (C=O) groups excluding carboxylic acids is 3. The van der Waals surface area contributed by atoms with Gasteiger partial charge in [0.25, 0.3) is 5.69 Å². The fraction of sp³-hybridized carbons (Fsp3) is 0.400. The van der Waals surface area contributed by atoms with E-state index in [9.17, 15) is 24.5 Å². The number of ketones is 1. The predicted molar refractivity (Wildman–Crippen MR) is 128 cm³/mol. The van der Waals surface area contributed by atoms with Crippen molar-refractivity contribution in [2.45, 2.75) is 24.9 Å². The number of urea groups is 1. The number of hydrogen-bond acceptors (Lipinski definition) is 6. The first kappa shape index (κ1) is 23.0. The van der Waals surface area contributed by atoms with Crippen LogP contribution in [0.25, 0.3) is 0 Å². The Morgan fingerprint density at radius 2 is 1.80 bits per heavy atom. The van der Waals surface area contributed by atoms with E-state index in [1.54, 1.807) is 41.3 Å². The minimum atomic E-state index is -0.822. The number of para-hydroxylation sites is 1. The van der Waals surface area contributed by atoms with Crippen molar-refractivity contribution in [2.24, 2.45) is 11.8 Å². The number of nitro benzene ring substituents is 1. The van der Waals surface area contributed by atoms with Crippen LogP contribution in [0.1, 0.15) is 24.4 Å². The SMILES string of the molecule is O=C1CCC2C1C(c1cccc([N+](=O)[O-])c1)N(C(=O)Nc1ccccc1)C2C(=O)N1CCNCC1. The van der Waals surface area contributed by atoms with Gasteiger partial charge in [-0.15, -0.1) is 0 Å². The number of carbonyl (C=O) groups is 3. The highest BCUT2D eigenvalue weighted by atomic mass is 16.6. The van der Waals surface area contributed by atoms with Crippen LogP contribution in [0.5, 0.6) is 0 Å². The highest BCUT2D eigenvalue weighted by Crippen LogP contribution is 2.52. The fourth-order valence-corrected chi connectivity index (χ4v) is 5.74. The van der Waals surface area contributed by atoms with E-state index < -0.39 is 29.0 Å². The second kappa shape index (κ2) is 9.46. The summed E-state index contributed by atoms with van der Waals surface area (Å²) in [6, 6.07) is 12.9. The van der Waals surface area contributed by atoms with Gasteiger partial charge in [0.05, 0.1) is 11.0 Å². The summed E-state index contributed by atoms with van der Waals surface area (Å²) in [7, 11) is 0. The van der Waals surface area contributed by atoms with Gasteiger partial charge in [0.1, 0.15) is 11.8 Å². The molecule has 3 aliphatic rings. The summed E-state index contributed by atoms with van der Waals surface area (Å²) in [5, 5.41) is 17.6. The first-order valence-electron chi connectivity index (χ1n) is 11.9. The van der Waals surface area contributed by atoms with E-state index in [1.165, 1.54) is 17.0 Å². The molecule has 2 N–H and O–H groups in total. The van der Waals surface area contributed by atoms with Crippen molar-refractivity contribution in [3.05, 3.63) is 70.3 Å². The summed E-state index contributed by atoms with van der Waals surface area (Å²) in [6.45, 7) is 2.37. The Kier molecular flexibility index (Phi) is 6.21. The number of fused-ring (bicyclic) bond motifs is 1. The lowest BCUT2D eigenvalue weighted by atomic mass is 9.86. The summed E-state index contributed by atoms with van der Waals surface area (Å²) < 4.78 is 0. The second-order valence-corrected chi connectivity index (χ2v) is 9.22. The van der Waals surface area contributed by atoms with Crippen LogP contribution in [0.15, 0.2) is 54.6 Å². The molecule has 10 heteroatoms. The van der Waals surface area contributed by atoms with Crippen LogP contribution in [-0.2, 0) is 9.59 Å². The third kappa shape index (κ3) is 4.25. The summed E-state index contributed by atoms with van der Waals surface area (Å²) in [5.74, 6) is -1.11. The molecule has 4 atom stereocenters. The lowest BCUT2D eigenvalue weighted by Crippen LogP contribution is -2.55. The van der Waals surface area contributed by atoms with Gasteiger partial charge >= 0.3 is 6.03 Å². The molecule has 2 aliphatic heterocycles. The molecule has 0 aromatic heterocycles. The Balaban J connectivity index is 1.58. The van der Waals surface area contributed by atoms with Crippen LogP contribution in [0.2, 0.25) is 0 Å². The first-order chi connectivity index (χ1) is 17.0. The molecule has 2 aromatic carbocycles. The van der Waals surface area contributed by atoms with Crippen LogP contribution < -0.4 is 10.6 Å². The van der Waals surface area contributed by atoms with Crippen molar-refractivity contribution in [1.82, 2.24) is 15.1 Å². The molecule has 35 heavy (non-hydrogen) atoms. The zero-order valence-corrected chi connectivity index (χ0v) is 19.1. The molecule has 4 unspecified atom stereocenters. The molecular formula is C25H27N5O5. The molecule has 182 valence electrons. The third-order valence-corrected chi connectivity index (χ3v) is 7.27. The summed E-state index contributed by atoms with van der Waals surface area (Å²) >= 11 is 0. The maximum atomic E-state index is 13.8. The van der Waals surface area contributed by atoms with Crippen molar-refractivity contribution in [3.8, 4) is 0 Å². The number of rotatable bonds is 4. The maximum absolute atomic E-state index is 13.8. The number of likely N-dealkylation sites (tertiary alicyclic amines) is 1. The Morgan fingerprint density at radius 1 is 1.06 bits per heavy atom. The summed E-state index contributed by atoms with van der Waals surface area (Å²) in [4.78, 5) is 54.9. The third-order valence-electron chi connectivity index (χ3n) is 7.27. The lowest BCUT2D eigenvalue weighted by Gasteiger charge is -2.36. The van der Waals surface area contributed by atoms with E-state index in [1.807, 2.05) is 6.07 Å². The predicted octanol–water partition coefficient (Wildman–Crippen LogP) is 2.58. The number of anilines is 1. The Hall–Kier alpha value is -3.79. The van der Waals surface area contributed by atoms with E-state index in [0.717, 1.165) is 0 Å². The normalized spacial score (nSPS) is 25.9. The second-order valence-electron chi connectivity index (χ2n) is 9.22. The summed E-state index contributed by atoms with van der Waals surface area (Å²) in [6.07, 6.45) is 0.840. The largest absolute Gasteiger partial charge is 0.338 e. The molecule has 1 aliphatic carbocycles. The Labute approximate surface area is 202 Å². The molecule has 2 aromatic rings. The van der Waals surface area contributed by atoms with Gasteiger partial charge in [0.15, 0.2) is 0 Å². The van der Waals surface area contributed by atoms with Crippen LogP contribution in [0, 0.1) is 22.0 Å². The average molecular weight is 478 g/mol. The van der Waals surface area contributed by atoms with Gasteiger partial charge in [-0.2, -0.15) is 0 Å². The van der Waals surface area contributed by atoms with E-state index in [2.05, 4.69) is 10.6 Å². The van der Waals surface area contributed by atoms with Gasteiger partial charge in [0, 0.05) is 62.3 Å². The topological polar surface area (TPSA) is 125 Å². The van der Waals surface area contributed by atoms with Crippen molar-refractivity contribution >= 4 is 29.1 Å². The number of nitrogens with one attached hydrogen (secondary N) is 2. The highest BCUT2D eigenvalue weighted by Gasteiger charge is 2.59. The highest BCUT2D eigenvalue weighted by molar-refractivity contribution is 5.97. The standard InChI is InChI=1S/C25H27N5O5/c31-20-10-9-19-21(20)22(16-5-4-8-18(15-16)30(34)35)29(25(33)27-17-6-2-1-3-7-17)23(19)24(32)28-13-11-26-12-14-28/h1-8,15,19,21-23,26H,9-14H2,(H,27,33). The Morgan fingerprint density at radius 3 is 2.51 bits per heavy atom. The molecule has 0 bridgehead atoms. The van der Waals surface area contributed by atoms with Crippen molar-refractivity contribution in [2.75, 3.05) is 31.5 Å². The number of piperazine rings is 1. The minimum Gasteiger partial charge on any atom is -0.338 e. The van der Waals surface area contributed by atoms with Crippen LogP contribution in [-0.4, -0.2) is 64.7 Å². The van der Waals surface area contributed by atoms with Crippen LogP contribution >= 0.6 is 0 Å². The monoisotopic (exact) mass is 477 g/mol. The van der Waals surface area contributed by atoms with E-state index in [4.69, 9.17) is 0 Å². The molecule has 2 saturated heterocycles. The van der Waals surface area contributed by atoms with Crippen LogP contribution in [0.4, 0.5) is 16.2 Å². The van der Waals surface area contributed by atoms with Gasteiger partial charge in [0.2, 0.25) is 5.91 Å². The lowest BCUT2D eigenvalue weighted by molar-refractivity contribution is -0.385.